The number of nitrogen functional groups attached to an aromatic ring is 1. The van der Waals surface area contributed by atoms with Gasteiger partial charge in [-0.25, -0.2) is 4.98 Å². The number of nitrogens with two attached hydrogens (primary N) is 1. The van der Waals surface area contributed by atoms with E-state index in [0.29, 0.717) is 17.9 Å². The Morgan fingerprint density at radius 1 is 1.35 bits per heavy atom. The number of hydrogen-bond donors (Lipinski definition) is 2. The Labute approximate surface area is 152 Å². The van der Waals surface area contributed by atoms with Crippen molar-refractivity contribution in [2.45, 2.75) is 13.2 Å². The van der Waals surface area contributed by atoms with Crippen molar-refractivity contribution in [1.82, 2.24) is 14.5 Å². The van der Waals surface area contributed by atoms with Gasteiger partial charge in [0.25, 0.3) is 0 Å². The number of amides is 1. The number of anilines is 1. The predicted molar refractivity (Wildman–Crippen MR) is 103 cm³/mol. The van der Waals surface area contributed by atoms with Crippen LogP contribution >= 0.6 is 0 Å². The van der Waals surface area contributed by atoms with Gasteiger partial charge < -0.3 is 20.3 Å². The SMILES string of the molecule is CN(Cc1cc2ccccc2n1C)C(=O)C=Cc1cnc(N)c(CO)c1. The molecule has 0 saturated heterocycles. The third-order valence-corrected chi connectivity index (χ3v) is 4.44. The lowest BCUT2D eigenvalue weighted by Gasteiger charge is -2.15. The van der Waals surface area contributed by atoms with E-state index in [1.165, 1.54) is 6.08 Å². The van der Waals surface area contributed by atoms with E-state index in [1.54, 1.807) is 30.3 Å². The molecule has 3 N–H and O–H groups in total. The van der Waals surface area contributed by atoms with Gasteiger partial charge >= 0.3 is 0 Å². The van der Waals surface area contributed by atoms with E-state index < -0.39 is 0 Å². The van der Waals surface area contributed by atoms with Crippen LogP contribution in [0, 0.1) is 0 Å². The molecule has 0 aliphatic heterocycles. The van der Waals surface area contributed by atoms with Crippen molar-refractivity contribution in [2.24, 2.45) is 7.05 Å². The average molecular weight is 350 g/mol. The van der Waals surface area contributed by atoms with Gasteiger partial charge in [-0.15, -0.1) is 0 Å². The minimum Gasteiger partial charge on any atom is -0.392 e. The van der Waals surface area contributed by atoms with Gasteiger partial charge in [-0.1, -0.05) is 18.2 Å². The van der Waals surface area contributed by atoms with E-state index in [4.69, 9.17) is 5.73 Å². The van der Waals surface area contributed by atoms with Crippen LogP contribution in [-0.2, 0) is 25.0 Å². The summed E-state index contributed by atoms with van der Waals surface area (Å²) in [6, 6.07) is 12.0. The van der Waals surface area contributed by atoms with E-state index in [0.717, 1.165) is 22.2 Å². The molecular weight excluding hydrogens is 328 g/mol. The number of aliphatic hydroxyl groups is 1. The lowest BCUT2D eigenvalue weighted by atomic mass is 10.2. The number of para-hydroxylation sites is 1. The van der Waals surface area contributed by atoms with Crippen LogP contribution in [0.4, 0.5) is 5.82 Å². The highest BCUT2D eigenvalue weighted by molar-refractivity contribution is 5.91. The largest absolute Gasteiger partial charge is 0.392 e. The third kappa shape index (κ3) is 3.60. The molecule has 134 valence electrons. The third-order valence-electron chi connectivity index (χ3n) is 4.44. The molecule has 2 aromatic heterocycles. The number of pyridine rings is 1. The average Bonchev–Trinajstić information content (AvgIpc) is 2.96. The van der Waals surface area contributed by atoms with Crippen molar-refractivity contribution in [3.63, 3.8) is 0 Å². The van der Waals surface area contributed by atoms with E-state index in [-0.39, 0.29) is 12.5 Å². The van der Waals surface area contributed by atoms with Crippen LogP contribution in [0.3, 0.4) is 0 Å². The first-order valence-corrected chi connectivity index (χ1v) is 8.31. The number of aryl methyl sites for hydroxylation is 1. The Bertz CT molecular complexity index is 975. The number of benzene rings is 1. The monoisotopic (exact) mass is 350 g/mol. The van der Waals surface area contributed by atoms with Crippen LogP contribution < -0.4 is 5.73 Å². The summed E-state index contributed by atoms with van der Waals surface area (Å²) < 4.78 is 2.10. The number of carbonyl (C=O) groups excluding carboxylic acids is 1. The summed E-state index contributed by atoms with van der Waals surface area (Å²) in [5.41, 5.74) is 9.13. The zero-order chi connectivity index (χ0) is 18.7. The van der Waals surface area contributed by atoms with Crippen molar-refractivity contribution in [1.29, 1.82) is 0 Å². The summed E-state index contributed by atoms with van der Waals surface area (Å²) in [5.74, 6) is 0.182. The fourth-order valence-corrected chi connectivity index (χ4v) is 2.87. The number of nitrogens with zero attached hydrogens (tertiary/aromatic N) is 3. The number of hydrogen-bond acceptors (Lipinski definition) is 4. The fourth-order valence-electron chi connectivity index (χ4n) is 2.87. The Morgan fingerprint density at radius 3 is 2.85 bits per heavy atom. The van der Waals surface area contributed by atoms with Crippen molar-refractivity contribution in [2.75, 3.05) is 12.8 Å². The number of likely N-dealkylation sites (N-methyl/N-ethyl adjacent to an activating group) is 1. The summed E-state index contributed by atoms with van der Waals surface area (Å²) in [6.45, 7) is 0.325. The lowest BCUT2D eigenvalue weighted by Crippen LogP contribution is -2.25. The highest BCUT2D eigenvalue weighted by Gasteiger charge is 2.11. The molecule has 0 radical (unpaired) electrons. The summed E-state index contributed by atoms with van der Waals surface area (Å²) in [4.78, 5) is 18.1. The predicted octanol–water partition coefficient (Wildman–Crippen LogP) is 2.32. The van der Waals surface area contributed by atoms with Crippen molar-refractivity contribution in [3.8, 4) is 0 Å². The van der Waals surface area contributed by atoms with Gasteiger partial charge in [-0.2, -0.15) is 0 Å². The molecule has 3 aromatic rings. The molecule has 6 nitrogen and oxygen atoms in total. The molecule has 6 heteroatoms. The van der Waals surface area contributed by atoms with Crippen molar-refractivity contribution in [3.05, 3.63) is 65.5 Å². The van der Waals surface area contributed by atoms with Gasteiger partial charge in [0.15, 0.2) is 0 Å². The Hall–Kier alpha value is -3.12. The summed E-state index contributed by atoms with van der Waals surface area (Å²) in [7, 11) is 3.77. The first-order chi connectivity index (χ1) is 12.5. The lowest BCUT2D eigenvalue weighted by molar-refractivity contribution is -0.125. The quantitative estimate of drug-likeness (QED) is 0.692. The minimum absolute atomic E-state index is 0.113. The van der Waals surface area contributed by atoms with Crippen LogP contribution in [0.25, 0.3) is 17.0 Å². The molecule has 0 atom stereocenters. The zero-order valence-electron chi connectivity index (χ0n) is 14.9. The van der Waals surface area contributed by atoms with Gasteiger partial charge in [0, 0.05) is 43.1 Å². The molecule has 0 unspecified atom stereocenters. The number of aliphatic hydroxyl groups excluding tert-OH is 1. The molecule has 0 bridgehead atoms. The molecule has 0 fully saturated rings. The van der Waals surface area contributed by atoms with E-state index in [9.17, 15) is 9.90 Å². The number of aromatic nitrogens is 2. The second-order valence-electron chi connectivity index (χ2n) is 6.25. The Kier molecular flexibility index (Phi) is 5.04. The first-order valence-electron chi connectivity index (χ1n) is 8.31. The summed E-state index contributed by atoms with van der Waals surface area (Å²) in [5, 5.41) is 10.4. The molecule has 26 heavy (non-hydrogen) atoms. The highest BCUT2D eigenvalue weighted by Crippen LogP contribution is 2.19. The zero-order valence-corrected chi connectivity index (χ0v) is 14.9. The molecular formula is C20H22N4O2. The summed E-state index contributed by atoms with van der Waals surface area (Å²) in [6.07, 6.45) is 4.74. The van der Waals surface area contributed by atoms with Crippen LogP contribution in [0.5, 0.6) is 0 Å². The molecule has 2 heterocycles. The maximum atomic E-state index is 12.4. The molecule has 3 rings (SSSR count). The van der Waals surface area contributed by atoms with E-state index >= 15 is 0 Å². The smallest absolute Gasteiger partial charge is 0.246 e. The maximum absolute atomic E-state index is 12.4. The summed E-state index contributed by atoms with van der Waals surface area (Å²) >= 11 is 0. The Morgan fingerprint density at radius 2 is 2.12 bits per heavy atom. The molecule has 0 saturated carbocycles. The van der Waals surface area contributed by atoms with Gasteiger partial charge in [0.2, 0.25) is 5.91 Å². The topological polar surface area (TPSA) is 84.4 Å². The van der Waals surface area contributed by atoms with E-state index in [2.05, 4.69) is 27.8 Å². The van der Waals surface area contributed by atoms with Gasteiger partial charge in [0.1, 0.15) is 5.82 Å². The first kappa shape index (κ1) is 17.7. The highest BCUT2D eigenvalue weighted by atomic mass is 16.3. The molecule has 0 aliphatic carbocycles. The van der Waals surface area contributed by atoms with Crippen molar-refractivity contribution < 1.29 is 9.90 Å². The van der Waals surface area contributed by atoms with Crippen LogP contribution in [-0.4, -0.2) is 32.5 Å². The van der Waals surface area contributed by atoms with E-state index in [1.807, 2.05) is 19.2 Å². The minimum atomic E-state index is -0.185. The normalized spacial score (nSPS) is 11.3. The van der Waals surface area contributed by atoms with Crippen LogP contribution in [0.15, 0.2) is 48.7 Å². The van der Waals surface area contributed by atoms with Crippen molar-refractivity contribution >= 4 is 28.7 Å². The van der Waals surface area contributed by atoms with Gasteiger partial charge in [-0.05, 0) is 35.2 Å². The number of carbonyl (C=O) groups is 1. The maximum Gasteiger partial charge on any atom is 0.246 e. The second kappa shape index (κ2) is 7.41. The van der Waals surface area contributed by atoms with Crippen LogP contribution in [0.1, 0.15) is 16.8 Å². The fraction of sp³-hybridized carbons (Fsp3) is 0.200. The number of fused-ring (bicyclic) bond motifs is 1. The molecule has 1 amide bonds. The molecule has 1 aromatic carbocycles. The van der Waals surface area contributed by atoms with Crippen LogP contribution in [0.2, 0.25) is 0 Å². The Balaban J connectivity index is 1.72. The van der Waals surface area contributed by atoms with Gasteiger partial charge in [0.05, 0.1) is 13.2 Å². The second-order valence-corrected chi connectivity index (χ2v) is 6.25. The molecule has 0 aliphatic rings. The van der Waals surface area contributed by atoms with Gasteiger partial charge in [-0.3, -0.25) is 4.79 Å². The molecule has 0 spiro atoms. The standard InChI is InChI=1S/C20H22N4O2/c1-23(12-17-10-15-5-3-4-6-18(15)24(17)2)19(26)8-7-14-9-16(13-25)20(21)22-11-14/h3-11,25H,12-13H2,1-2H3,(H2,21,22). The number of rotatable bonds is 5.